The molecule has 0 spiro atoms. The molecule has 1 aromatic carbocycles. The molecule has 8 heteroatoms. The molecule has 4 N–H and O–H groups in total. The van der Waals surface area contributed by atoms with Gasteiger partial charge in [0.05, 0.1) is 6.21 Å². The highest BCUT2D eigenvalue weighted by atomic mass is 32.1. The van der Waals surface area contributed by atoms with Crippen molar-refractivity contribution in [1.82, 2.24) is 5.43 Å². The number of furan rings is 1. The third kappa shape index (κ3) is 4.32. The summed E-state index contributed by atoms with van der Waals surface area (Å²) in [6.45, 7) is 0.0981. The molecule has 0 aliphatic heterocycles. The van der Waals surface area contributed by atoms with Crippen LogP contribution >= 0.6 is 12.2 Å². The predicted octanol–water partition coefficient (Wildman–Crippen LogP) is 1.72. The van der Waals surface area contributed by atoms with Gasteiger partial charge in [-0.1, -0.05) is 12.1 Å². The fraction of sp³-hybridized carbons (Fsp3) is 0.0714. The maximum Gasteiger partial charge on any atom is 0.371 e. The van der Waals surface area contributed by atoms with E-state index in [1.807, 2.05) is 6.07 Å². The Morgan fingerprint density at radius 2 is 2.18 bits per heavy atom. The number of rotatable bonds is 6. The van der Waals surface area contributed by atoms with Gasteiger partial charge in [0, 0.05) is 5.56 Å². The van der Waals surface area contributed by atoms with Crippen LogP contribution in [0.3, 0.4) is 0 Å². The zero-order chi connectivity index (χ0) is 15.9. The summed E-state index contributed by atoms with van der Waals surface area (Å²) in [6, 6.07) is 10.1. The van der Waals surface area contributed by atoms with Gasteiger partial charge in [0.25, 0.3) is 0 Å². The van der Waals surface area contributed by atoms with E-state index >= 15 is 0 Å². The van der Waals surface area contributed by atoms with Gasteiger partial charge in [-0.3, -0.25) is 5.43 Å². The van der Waals surface area contributed by atoms with Crippen LogP contribution in [-0.4, -0.2) is 22.4 Å². The molecule has 22 heavy (non-hydrogen) atoms. The number of carboxylic acids is 1. The molecule has 0 saturated heterocycles. The third-order valence-corrected chi connectivity index (χ3v) is 2.63. The number of thiocarbonyl (C=S) groups is 1. The molecule has 7 nitrogen and oxygen atoms in total. The van der Waals surface area contributed by atoms with E-state index in [0.29, 0.717) is 17.1 Å². The van der Waals surface area contributed by atoms with Gasteiger partial charge in [-0.15, -0.1) is 0 Å². The fourth-order valence-electron chi connectivity index (χ4n) is 1.60. The Bertz CT molecular complexity index is 712. The van der Waals surface area contributed by atoms with Gasteiger partial charge in [0.1, 0.15) is 18.1 Å². The minimum Gasteiger partial charge on any atom is -0.485 e. The van der Waals surface area contributed by atoms with Gasteiger partial charge >= 0.3 is 5.97 Å². The molecular formula is C14H13N3O4S. The summed E-state index contributed by atoms with van der Waals surface area (Å²) in [5, 5.41) is 12.7. The molecule has 0 atom stereocenters. The number of carbonyl (C=O) groups is 1. The summed E-state index contributed by atoms with van der Waals surface area (Å²) < 4.78 is 10.7. The maximum absolute atomic E-state index is 10.7. The van der Waals surface area contributed by atoms with E-state index in [1.54, 1.807) is 24.3 Å². The molecule has 0 bridgehead atoms. The molecule has 0 amide bonds. The Morgan fingerprint density at radius 1 is 1.41 bits per heavy atom. The fourth-order valence-corrected chi connectivity index (χ4v) is 1.66. The smallest absolute Gasteiger partial charge is 0.371 e. The normalized spacial score (nSPS) is 10.5. The van der Waals surface area contributed by atoms with Crippen molar-refractivity contribution in [2.24, 2.45) is 10.8 Å². The van der Waals surface area contributed by atoms with Gasteiger partial charge < -0.3 is 20.0 Å². The van der Waals surface area contributed by atoms with E-state index in [4.69, 9.17) is 20.0 Å². The van der Waals surface area contributed by atoms with Crippen LogP contribution in [0.15, 0.2) is 45.9 Å². The molecular weight excluding hydrogens is 306 g/mol. The summed E-state index contributed by atoms with van der Waals surface area (Å²) in [7, 11) is 0. The molecule has 1 aromatic heterocycles. The number of para-hydroxylation sites is 1. The Balaban J connectivity index is 2.04. The van der Waals surface area contributed by atoms with E-state index in [-0.39, 0.29) is 17.5 Å². The van der Waals surface area contributed by atoms with Gasteiger partial charge in [-0.25, -0.2) is 4.79 Å². The Labute approximate surface area is 131 Å². The second-order valence-electron chi connectivity index (χ2n) is 4.13. The van der Waals surface area contributed by atoms with Crippen LogP contribution in [0.4, 0.5) is 0 Å². The quantitative estimate of drug-likeness (QED) is 0.422. The molecule has 0 aliphatic carbocycles. The second-order valence-corrected chi connectivity index (χ2v) is 4.57. The van der Waals surface area contributed by atoms with Crippen LogP contribution < -0.4 is 15.9 Å². The second kappa shape index (κ2) is 7.23. The largest absolute Gasteiger partial charge is 0.485 e. The molecule has 2 rings (SSSR count). The topological polar surface area (TPSA) is 110 Å². The molecule has 0 radical (unpaired) electrons. The van der Waals surface area contributed by atoms with Crippen molar-refractivity contribution < 1.29 is 19.1 Å². The van der Waals surface area contributed by atoms with Crippen LogP contribution in [0, 0.1) is 0 Å². The average Bonchev–Trinajstić information content (AvgIpc) is 2.95. The number of carboxylic acid groups (broad SMARTS) is 1. The number of ether oxygens (including phenoxy) is 1. The Morgan fingerprint density at radius 3 is 2.86 bits per heavy atom. The number of aromatic carboxylic acids is 1. The van der Waals surface area contributed by atoms with Crippen molar-refractivity contribution in [3.63, 3.8) is 0 Å². The first-order valence-electron chi connectivity index (χ1n) is 6.18. The molecule has 2 aromatic rings. The molecule has 114 valence electrons. The summed E-state index contributed by atoms with van der Waals surface area (Å²) >= 11 is 4.64. The van der Waals surface area contributed by atoms with Crippen LogP contribution in [0.5, 0.6) is 5.75 Å². The zero-order valence-corrected chi connectivity index (χ0v) is 12.2. The van der Waals surface area contributed by atoms with E-state index in [9.17, 15) is 4.79 Å². The third-order valence-electron chi connectivity index (χ3n) is 2.54. The Hall–Kier alpha value is -2.87. The lowest BCUT2D eigenvalue weighted by molar-refractivity contribution is 0.0658. The standard InChI is InChI=1S/C14H13N3O4S/c15-14(22)17-16-7-9-3-1-2-4-11(9)20-8-10-5-6-12(21-10)13(18)19/h1-7H,8H2,(H,18,19)(H3,15,17,22). The molecule has 0 aliphatic rings. The molecule has 0 saturated carbocycles. The van der Waals surface area contributed by atoms with E-state index in [2.05, 4.69) is 22.7 Å². The first-order valence-corrected chi connectivity index (χ1v) is 6.59. The lowest BCUT2D eigenvalue weighted by Crippen LogP contribution is -2.24. The summed E-state index contributed by atoms with van der Waals surface area (Å²) in [6.07, 6.45) is 1.51. The highest BCUT2D eigenvalue weighted by Crippen LogP contribution is 2.18. The summed E-state index contributed by atoms with van der Waals surface area (Å²) in [5.74, 6) is -0.286. The van der Waals surface area contributed by atoms with Crippen molar-refractivity contribution in [2.75, 3.05) is 0 Å². The van der Waals surface area contributed by atoms with Crippen molar-refractivity contribution in [2.45, 2.75) is 6.61 Å². The van der Waals surface area contributed by atoms with Crippen molar-refractivity contribution in [1.29, 1.82) is 0 Å². The first kappa shape index (κ1) is 15.5. The number of nitrogens with zero attached hydrogens (tertiary/aromatic N) is 1. The first-order chi connectivity index (χ1) is 10.6. The van der Waals surface area contributed by atoms with Gasteiger partial charge in [0.15, 0.2) is 5.11 Å². The summed E-state index contributed by atoms with van der Waals surface area (Å²) in [5.41, 5.74) is 8.43. The molecule has 1 heterocycles. The highest BCUT2D eigenvalue weighted by molar-refractivity contribution is 7.80. The number of benzene rings is 1. The minimum absolute atomic E-state index is 0.0615. The minimum atomic E-state index is -1.12. The van der Waals surface area contributed by atoms with Gasteiger partial charge in [-0.05, 0) is 36.5 Å². The van der Waals surface area contributed by atoms with Crippen LogP contribution in [0.2, 0.25) is 0 Å². The Kier molecular flexibility index (Phi) is 5.10. The maximum atomic E-state index is 10.7. The van der Waals surface area contributed by atoms with Crippen LogP contribution in [0.25, 0.3) is 0 Å². The van der Waals surface area contributed by atoms with E-state index < -0.39 is 5.97 Å². The van der Waals surface area contributed by atoms with Gasteiger partial charge in [0.2, 0.25) is 5.76 Å². The van der Waals surface area contributed by atoms with E-state index in [0.717, 1.165) is 0 Å². The number of hydrogen-bond acceptors (Lipinski definition) is 5. The summed E-state index contributed by atoms with van der Waals surface area (Å²) in [4.78, 5) is 10.7. The molecule has 0 fully saturated rings. The van der Waals surface area contributed by atoms with Crippen molar-refractivity contribution in [3.8, 4) is 5.75 Å². The lowest BCUT2D eigenvalue weighted by Gasteiger charge is -2.07. The number of nitrogens with two attached hydrogens (primary N) is 1. The zero-order valence-electron chi connectivity index (χ0n) is 11.4. The van der Waals surface area contributed by atoms with Crippen LogP contribution in [0.1, 0.15) is 21.9 Å². The van der Waals surface area contributed by atoms with Crippen LogP contribution in [-0.2, 0) is 6.61 Å². The molecule has 0 unspecified atom stereocenters. The van der Waals surface area contributed by atoms with Gasteiger partial charge in [-0.2, -0.15) is 5.10 Å². The monoisotopic (exact) mass is 319 g/mol. The number of nitrogens with one attached hydrogen (secondary N) is 1. The van der Waals surface area contributed by atoms with Crippen molar-refractivity contribution >= 4 is 29.5 Å². The van der Waals surface area contributed by atoms with Crippen molar-refractivity contribution in [3.05, 3.63) is 53.5 Å². The number of hydrazone groups is 1. The highest BCUT2D eigenvalue weighted by Gasteiger charge is 2.09. The number of hydrogen-bond donors (Lipinski definition) is 3. The average molecular weight is 319 g/mol. The lowest BCUT2D eigenvalue weighted by atomic mass is 10.2. The van der Waals surface area contributed by atoms with E-state index in [1.165, 1.54) is 12.3 Å². The predicted molar refractivity (Wildman–Crippen MR) is 84.0 cm³/mol. The SMILES string of the molecule is NC(=S)NN=Cc1ccccc1OCc1ccc(C(=O)O)o1.